The minimum Gasteiger partial charge on any atom is -0.393 e. The molecule has 0 unspecified atom stereocenters. The van der Waals surface area contributed by atoms with Crippen LogP contribution in [0.25, 0.3) is 0 Å². The summed E-state index contributed by atoms with van der Waals surface area (Å²) in [7, 11) is -3.09. The highest BCUT2D eigenvalue weighted by Gasteiger charge is 2.35. The summed E-state index contributed by atoms with van der Waals surface area (Å²) in [6, 6.07) is 0. The molecule has 1 fully saturated rings. The lowest BCUT2D eigenvalue weighted by Gasteiger charge is -2.25. The first-order valence-electron chi connectivity index (χ1n) is 5.40. The molecule has 1 rings (SSSR count). The fraction of sp³-hybridized carbons (Fsp3) is 1.00. The Morgan fingerprint density at radius 3 is 2.33 bits per heavy atom. The zero-order chi connectivity index (χ0) is 11.7. The topological polar surface area (TPSA) is 66.4 Å². The molecule has 1 aliphatic rings. The van der Waals surface area contributed by atoms with Gasteiger partial charge in [0.1, 0.15) is 0 Å². The molecule has 0 saturated heterocycles. The predicted octanol–water partition coefficient (Wildman–Crippen LogP) is 0.865. The lowest BCUT2D eigenvalue weighted by Crippen LogP contribution is -2.34. The van der Waals surface area contributed by atoms with Gasteiger partial charge in [-0.3, -0.25) is 0 Å². The fourth-order valence-corrected chi connectivity index (χ4v) is 2.66. The van der Waals surface area contributed by atoms with Gasteiger partial charge >= 0.3 is 0 Å². The molecule has 90 valence electrons. The zero-order valence-electron chi connectivity index (χ0n) is 9.66. The van der Waals surface area contributed by atoms with Crippen LogP contribution in [-0.4, -0.2) is 31.4 Å². The van der Waals surface area contributed by atoms with E-state index in [2.05, 4.69) is 4.72 Å². The van der Waals surface area contributed by atoms with Gasteiger partial charge in [0.05, 0.1) is 11.4 Å². The predicted molar refractivity (Wildman–Crippen MR) is 60.0 cm³/mol. The van der Waals surface area contributed by atoms with Crippen molar-refractivity contribution in [3.63, 3.8) is 0 Å². The van der Waals surface area contributed by atoms with Gasteiger partial charge in [0, 0.05) is 6.54 Å². The Labute approximate surface area is 92.1 Å². The van der Waals surface area contributed by atoms with E-state index in [1.54, 1.807) is 0 Å². The second-order valence-electron chi connectivity index (χ2n) is 5.31. The van der Waals surface area contributed by atoms with Gasteiger partial charge in [-0.1, -0.05) is 20.8 Å². The van der Waals surface area contributed by atoms with E-state index in [9.17, 15) is 13.5 Å². The number of rotatable bonds is 5. The third-order valence-corrected chi connectivity index (χ3v) is 4.64. The minimum atomic E-state index is -3.09. The summed E-state index contributed by atoms with van der Waals surface area (Å²) in [5.74, 6) is 0. The highest BCUT2D eigenvalue weighted by atomic mass is 32.2. The van der Waals surface area contributed by atoms with Crippen LogP contribution in [0.15, 0.2) is 0 Å². The Balaban J connectivity index is 2.27. The quantitative estimate of drug-likeness (QED) is 0.743. The van der Waals surface area contributed by atoms with Crippen LogP contribution in [0.4, 0.5) is 0 Å². The molecule has 1 aliphatic carbocycles. The SMILES string of the molecule is CC(C)(C)[C@H](O)CCNS(=O)(=O)C1CC1. The summed E-state index contributed by atoms with van der Waals surface area (Å²) in [6.07, 6.45) is 1.54. The van der Waals surface area contributed by atoms with Crippen LogP contribution in [0.1, 0.15) is 40.0 Å². The molecule has 0 radical (unpaired) electrons. The van der Waals surface area contributed by atoms with Gasteiger partial charge in [0.25, 0.3) is 0 Å². The molecule has 0 aromatic carbocycles. The summed E-state index contributed by atoms with van der Waals surface area (Å²) in [5, 5.41) is 9.53. The molecular weight excluding hydrogens is 214 g/mol. The number of hydrogen-bond donors (Lipinski definition) is 2. The van der Waals surface area contributed by atoms with Crippen LogP contribution in [0, 0.1) is 5.41 Å². The number of hydrogen-bond acceptors (Lipinski definition) is 3. The monoisotopic (exact) mass is 235 g/mol. The molecule has 0 bridgehead atoms. The smallest absolute Gasteiger partial charge is 0.214 e. The summed E-state index contributed by atoms with van der Waals surface area (Å²) in [6.45, 7) is 6.14. The number of aliphatic hydroxyl groups is 1. The van der Waals surface area contributed by atoms with Gasteiger partial charge < -0.3 is 5.11 Å². The lowest BCUT2D eigenvalue weighted by atomic mass is 9.87. The molecule has 0 amide bonds. The van der Waals surface area contributed by atoms with E-state index in [-0.39, 0.29) is 10.7 Å². The Bertz CT molecular complexity index is 301. The Morgan fingerprint density at radius 2 is 1.93 bits per heavy atom. The molecule has 15 heavy (non-hydrogen) atoms. The van der Waals surface area contributed by atoms with Crippen molar-refractivity contribution >= 4 is 10.0 Å². The van der Waals surface area contributed by atoms with Gasteiger partial charge in [-0.05, 0) is 24.7 Å². The number of aliphatic hydroxyl groups excluding tert-OH is 1. The van der Waals surface area contributed by atoms with E-state index in [0.29, 0.717) is 13.0 Å². The van der Waals surface area contributed by atoms with Crippen molar-refractivity contribution in [3.8, 4) is 0 Å². The van der Waals surface area contributed by atoms with Crippen LogP contribution in [0.5, 0.6) is 0 Å². The summed E-state index contributed by atoms with van der Waals surface area (Å²) >= 11 is 0. The average Bonchev–Trinajstić information content (AvgIpc) is 2.83. The molecule has 2 N–H and O–H groups in total. The number of sulfonamides is 1. The second-order valence-corrected chi connectivity index (χ2v) is 7.35. The van der Waals surface area contributed by atoms with Crippen molar-refractivity contribution in [3.05, 3.63) is 0 Å². The average molecular weight is 235 g/mol. The van der Waals surface area contributed by atoms with Gasteiger partial charge in [0.2, 0.25) is 10.0 Å². The largest absolute Gasteiger partial charge is 0.393 e. The van der Waals surface area contributed by atoms with E-state index in [0.717, 1.165) is 12.8 Å². The molecule has 1 atom stereocenters. The van der Waals surface area contributed by atoms with Crippen molar-refractivity contribution in [2.75, 3.05) is 6.54 Å². The highest BCUT2D eigenvalue weighted by molar-refractivity contribution is 7.90. The first-order valence-corrected chi connectivity index (χ1v) is 6.94. The van der Waals surface area contributed by atoms with Gasteiger partial charge in [0.15, 0.2) is 0 Å². The maximum Gasteiger partial charge on any atom is 0.214 e. The van der Waals surface area contributed by atoms with Crippen molar-refractivity contribution in [1.29, 1.82) is 0 Å². The Morgan fingerprint density at radius 1 is 1.40 bits per heavy atom. The maximum absolute atomic E-state index is 11.4. The molecule has 5 heteroatoms. The van der Waals surface area contributed by atoms with E-state index in [1.165, 1.54) is 0 Å². The summed E-state index contributed by atoms with van der Waals surface area (Å²) in [4.78, 5) is 0. The van der Waals surface area contributed by atoms with E-state index < -0.39 is 16.1 Å². The lowest BCUT2D eigenvalue weighted by molar-refractivity contribution is 0.0571. The normalized spacial score (nSPS) is 20.3. The third-order valence-electron chi connectivity index (χ3n) is 2.68. The molecule has 0 aromatic heterocycles. The fourth-order valence-electron chi connectivity index (χ4n) is 1.27. The van der Waals surface area contributed by atoms with Crippen molar-refractivity contribution in [1.82, 2.24) is 4.72 Å². The highest BCUT2D eigenvalue weighted by Crippen LogP contribution is 2.27. The van der Waals surface area contributed by atoms with Crippen LogP contribution >= 0.6 is 0 Å². The van der Waals surface area contributed by atoms with E-state index in [1.807, 2.05) is 20.8 Å². The van der Waals surface area contributed by atoms with Crippen LogP contribution < -0.4 is 4.72 Å². The molecule has 1 saturated carbocycles. The van der Waals surface area contributed by atoms with Crippen molar-refractivity contribution in [2.24, 2.45) is 5.41 Å². The van der Waals surface area contributed by atoms with E-state index in [4.69, 9.17) is 0 Å². The van der Waals surface area contributed by atoms with Gasteiger partial charge in [-0.25, -0.2) is 13.1 Å². The summed E-state index contributed by atoms with van der Waals surface area (Å²) < 4.78 is 25.4. The second kappa shape index (κ2) is 4.39. The van der Waals surface area contributed by atoms with Crippen molar-refractivity contribution < 1.29 is 13.5 Å². The van der Waals surface area contributed by atoms with Crippen molar-refractivity contribution in [2.45, 2.75) is 51.4 Å². The van der Waals surface area contributed by atoms with Gasteiger partial charge in [-0.2, -0.15) is 0 Å². The van der Waals surface area contributed by atoms with Crippen LogP contribution in [0.2, 0.25) is 0 Å². The Hall–Kier alpha value is -0.130. The number of nitrogens with one attached hydrogen (secondary N) is 1. The Kier molecular flexibility index (Phi) is 3.79. The molecule has 4 nitrogen and oxygen atoms in total. The first-order chi connectivity index (χ1) is 6.73. The van der Waals surface area contributed by atoms with Crippen LogP contribution in [-0.2, 0) is 10.0 Å². The summed E-state index contributed by atoms with van der Waals surface area (Å²) in [5.41, 5.74) is -0.189. The maximum atomic E-state index is 11.4. The zero-order valence-corrected chi connectivity index (χ0v) is 10.5. The minimum absolute atomic E-state index is 0.177. The first kappa shape index (κ1) is 12.9. The standard InChI is InChI=1S/C10H21NO3S/c1-10(2,3)9(12)6-7-11-15(13,14)8-4-5-8/h8-9,11-12H,4-7H2,1-3H3/t9-/m1/s1. The van der Waals surface area contributed by atoms with Crippen LogP contribution in [0.3, 0.4) is 0 Å². The molecular formula is C10H21NO3S. The molecule has 0 aliphatic heterocycles. The third kappa shape index (κ3) is 4.09. The molecule has 0 aromatic rings. The van der Waals surface area contributed by atoms with Gasteiger partial charge in [-0.15, -0.1) is 0 Å². The molecule has 0 heterocycles. The van der Waals surface area contributed by atoms with E-state index >= 15 is 0 Å². The molecule has 0 spiro atoms.